The molecule has 21 heavy (non-hydrogen) atoms. The summed E-state index contributed by atoms with van der Waals surface area (Å²) in [5.74, 6) is 1.83. The molecule has 0 unspecified atom stereocenters. The Kier molecular flexibility index (Phi) is 5.90. The van der Waals surface area contributed by atoms with Crippen LogP contribution in [0.15, 0.2) is 16.6 Å². The van der Waals surface area contributed by atoms with E-state index in [4.69, 9.17) is 21.1 Å². The second kappa shape index (κ2) is 7.47. The number of alkyl halides is 1. The molecule has 0 saturated heterocycles. The van der Waals surface area contributed by atoms with Gasteiger partial charge in [0.1, 0.15) is 11.6 Å². The van der Waals surface area contributed by atoms with Crippen LogP contribution in [0, 0.1) is 13.8 Å². The van der Waals surface area contributed by atoms with Crippen molar-refractivity contribution in [1.29, 1.82) is 0 Å². The van der Waals surface area contributed by atoms with Gasteiger partial charge in [-0.2, -0.15) is 0 Å². The Balaban J connectivity index is 2.21. The summed E-state index contributed by atoms with van der Waals surface area (Å²) in [6.07, 6.45) is 0. The molecule has 0 saturated carbocycles. The van der Waals surface area contributed by atoms with Crippen LogP contribution < -0.4 is 9.47 Å². The summed E-state index contributed by atoms with van der Waals surface area (Å²) < 4.78 is 12.4. The summed E-state index contributed by atoms with van der Waals surface area (Å²) in [4.78, 5) is 5.70. The Bertz CT molecular complexity index is 611. The van der Waals surface area contributed by atoms with Crippen LogP contribution in [0.4, 0.5) is 0 Å². The lowest BCUT2D eigenvalue weighted by atomic mass is 10.2. The highest BCUT2D eigenvalue weighted by Crippen LogP contribution is 2.38. The second-order valence-electron chi connectivity index (χ2n) is 4.51. The molecule has 3 nitrogen and oxygen atoms in total. The van der Waals surface area contributed by atoms with E-state index in [2.05, 4.69) is 27.8 Å². The average molecular weight is 391 g/mol. The maximum atomic E-state index is 5.91. The van der Waals surface area contributed by atoms with E-state index in [1.54, 1.807) is 11.3 Å². The molecule has 0 fully saturated rings. The number of thiazole rings is 1. The molecular weight excluding hydrogens is 374 g/mol. The Morgan fingerprint density at radius 2 is 2.05 bits per heavy atom. The fourth-order valence-corrected chi connectivity index (χ4v) is 3.44. The summed E-state index contributed by atoms with van der Waals surface area (Å²) in [5.41, 5.74) is 2.04. The van der Waals surface area contributed by atoms with Crippen LogP contribution in [0.25, 0.3) is 0 Å². The summed E-state index contributed by atoms with van der Waals surface area (Å²) >= 11 is 11.1. The van der Waals surface area contributed by atoms with E-state index < -0.39 is 0 Å². The zero-order chi connectivity index (χ0) is 15.4. The predicted octanol–water partition coefficient (Wildman–Crippen LogP) is 5.24. The van der Waals surface area contributed by atoms with E-state index in [0.717, 1.165) is 20.7 Å². The lowest BCUT2D eigenvalue weighted by Crippen LogP contribution is -2.01. The van der Waals surface area contributed by atoms with Crippen LogP contribution >= 0.6 is 38.9 Å². The molecule has 1 heterocycles. The number of ether oxygens (including phenoxy) is 2. The van der Waals surface area contributed by atoms with Crippen molar-refractivity contribution in [1.82, 2.24) is 4.98 Å². The molecule has 0 bridgehead atoms. The molecule has 1 aromatic carbocycles. The molecule has 0 N–H and O–H groups in total. The molecular formula is C15H17BrClNO2S. The molecule has 0 spiro atoms. The summed E-state index contributed by atoms with van der Waals surface area (Å²) in [6.45, 7) is 7.01. The molecule has 0 aliphatic rings. The van der Waals surface area contributed by atoms with Gasteiger partial charge in [-0.15, -0.1) is 22.9 Å². The molecule has 2 rings (SSSR count). The predicted molar refractivity (Wildman–Crippen MR) is 90.8 cm³/mol. The first-order valence-corrected chi connectivity index (χ1v) is 8.76. The number of hydrogen-bond acceptors (Lipinski definition) is 4. The molecule has 0 radical (unpaired) electrons. The molecule has 114 valence electrons. The van der Waals surface area contributed by atoms with Gasteiger partial charge in [0.25, 0.3) is 0 Å². The van der Waals surface area contributed by atoms with Gasteiger partial charge >= 0.3 is 0 Å². The summed E-state index contributed by atoms with van der Waals surface area (Å²) in [7, 11) is 0. The first kappa shape index (κ1) is 16.6. The van der Waals surface area contributed by atoms with E-state index in [1.165, 1.54) is 4.88 Å². The molecule has 0 amide bonds. The van der Waals surface area contributed by atoms with Gasteiger partial charge in [-0.25, -0.2) is 4.98 Å². The molecule has 0 atom stereocenters. The van der Waals surface area contributed by atoms with Gasteiger partial charge in [0.05, 0.1) is 16.8 Å². The fraction of sp³-hybridized carbons (Fsp3) is 0.400. The number of hydrogen-bond donors (Lipinski definition) is 0. The van der Waals surface area contributed by atoms with Gasteiger partial charge in [-0.1, -0.05) is 0 Å². The quantitative estimate of drug-likeness (QED) is 0.632. The number of nitrogens with zero attached hydrogens (tertiary/aromatic N) is 1. The fourth-order valence-electron chi connectivity index (χ4n) is 1.84. The number of benzene rings is 1. The highest BCUT2D eigenvalue weighted by Gasteiger charge is 2.13. The van der Waals surface area contributed by atoms with Crippen LogP contribution in [0.1, 0.15) is 28.1 Å². The SMILES string of the molecule is CCOc1cc(CCl)cc(Br)c1OCc1nc(C)c(C)s1. The zero-order valence-electron chi connectivity index (χ0n) is 12.2. The van der Waals surface area contributed by atoms with Crippen molar-refractivity contribution in [2.45, 2.75) is 33.3 Å². The molecule has 2 aromatic rings. The van der Waals surface area contributed by atoms with E-state index in [9.17, 15) is 0 Å². The van der Waals surface area contributed by atoms with Crippen LogP contribution in [-0.4, -0.2) is 11.6 Å². The van der Waals surface area contributed by atoms with E-state index in [-0.39, 0.29) is 0 Å². The Hall–Kier alpha value is -0.780. The van der Waals surface area contributed by atoms with Gasteiger partial charge in [-0.05, 0) is 54.4 Å². The Morgan fingerprint density at radius 1 is 1.29 bits per heavy atom. The van der Waals surface area contributed by atoms with Gasteiger partial charge in [0, 0.05) is 10.8 Å². The van der Waals surface area contributed by atoms with E-state index in [0.29, 0.717) is 30.6 Å². The maximum absolute atomic E-state index is 5.91. The first-order valence-electron chi connectivity index (χ1n) is 6.62. The van der Waals surface area contributed by atoms with Crippen LogP contribution in [0.2, 0.25) is 0 Å². The van der Waals surface area contributed by atoms with Gasteiger partial charge in [-0.3, -0.25) is 0 Å². The standard InChI is InChI=1S/C15H17BrClNO2S/c1-4-19-13-6-11(7-17)5-12(16)15(13)20-8-14-18-9(2)10(3)21-14/h5-6H,4,7-8H2,1-3H3. The number of aromatic nitrogens is 1. The summed E-state index contributed by atoms with van der Waals surface area (Å²) in [6, 6.07) is 3.86. The van der Waals surface area contributed by atoms with Crippen LogP contribution in [0.3, 0.4) is 0 Å². The molecule has 1 aromatic heterocycles. The minimum Gasteiger partial charge on any atom is -0.490 e. The van der Waals surface area contributed by atoms with Crippen molar-refractivity contribution >= 4 is 38.9 Å². The van der Waals surface area contributed by atoms with Crippen molar-refractivity contribution in [2.75, 3.05) is 6.61 Å². The lowest BCUT2D eigenvalue weighted by Gasteiger charge is -2.14. The van der Waals surface area contributed by atoms with E-state index >= 15 is 0 Å². The van der Waals surface area contributed by atoms with Crippen molar-refractivity contribution in [3.63, 3.8) is 0 Å². The number of aryl methyl sites for hydroxylation is 2. The van der Waals surface area contributed by atoms with Crippen LogP contribution in [0.5, 0.6) is 11.5 Å². The average Bonchev–Trinajstić information content (AvgIpc) is 2.77. The summed E-state index contributed by atoms with van der Waals surface area (Å²) in [5, 5.41) is 0.959. The smallest absolute Gasteiger partial charge is 0.175 e. The van der Waals surface area contributed by atoms with Gasteiger partial charge < -0.3 is 9.47 Å². The highest BCUT2D eigenvalue weighted by molar-refractivity contribution is 9.10. The lowest BCUT2D eigenvalue weighted by molar-refractivity contribution is 0.267. The molecule has 0 aliphatic carbocycles. The number of halogens is 2. The molecule has 6 heteroatoms. The van der Waals surface area contributed by atoms with Gasteiger partial charge in [0.2, 0.25) is 0 Å². The Labute approximate surface area is 142 Å². The van der Waals surface area contributed by atoms with Crippen molar-refractivity contribution < 1.29 is 9.47 Å². The highest BCUT2D eigenvalue weighted by atomic mass is 79.9. The third-order valence-corrected chi connectivity index (χ3v) is 4.88. The zero-order valence-corrected chi connectivity index (χ0v) is 15.4. The topological polar surface area (TPSA) is 31.4 Å². The van der Waals surface area contributed by atoms with Crippen LogP contribution in [-0.2, 0) is 12.5 Å². The van der Waals surface area contributed by atoms with Crippen molar-refractivity contribution in [3.8, 4) is 11.5 Å². The third-order valence-electron chi connectivity index (χ3n) is 2.94. The van der Waals surface area contributed by atoms with Gasteiger partial charge in [0.15, 0.2) is 11.5 Å². The number of rotatable bonds is 6. The first-order chi connectivity index (χ1) is 10.0. The second-order valence-corrected chi connectivity index (χ2v) is 6.92. The monoisotopic (exact) mass is 389 g/mol. The Morgan fingerprint density at radius 3 is 2.62 bits per heavy atom. The van der Waals surface area contributed by atoms with Crippen molar-refractivity contribution in [3.05, 3.63) is 37.7 Å². The molecule has 0 aliphatic heterocycles. The maximum Gasteiger partial charge on any atom is 0.175 e. The normalized spacial score (nSPS) is 10.7. The minimum atomic E-state index is 0.429. The van der Waals surface area contributed by atoms with Crippen molar-refractivity contribution in [2.24, 2.45) is 0 Å². The third kappa shape index (κ3) is 4.11. The minimum absolute atomic E-state index is 0.429. The van der Waals surface area contributed by atoms with E-state index in [1.807, 2.05) is 26.0 Å². The largest absolute Gasteiger partial charge is 0.490 e.